The Balaban J connectivity index is 1.40. The minimum Gasteiger partial charge on any atom is -0.355 e. The van der Waals surface area contributed by atoms with Crippen LogP contribution in [0.4, 0.5) is 5.82 Å². The number of nitrogens with zero attached hydrogens (tertiary/aromatic N) is 3. The maximum absolute atomic E-state index is 12.8. The van der Waals surface area contributed by atoms with Gasteiger partial charge in [0.05, 0.1) is 10.4 Å². The van der Waals surface area contributed by atoms with Crippen molar-refractivity contribution in [2.45, 2.75) is 19.4 Å². The van der Waals surface area contributed by atoms with Crippen LogP contribution in [0.25, 0.3) is 21.6 Å². The Morgan fingerprint density at radius 1 is 0.778 bits per heavy atom. The Kier molecular flexibility index (Phi) is 7.64. The van der Waals surface area contributed by atoms with Gasteiger partial charge in [0, 0.05) is 31.4 Å². The molecule has 3 aromatic carbocycles. The average molecular weight is 493 g/mol. The summed E-state index contributed by atoms with van der Waals surface area (Å²) in [5.41, 5.74) is 3.26. The molecule has 5 nitrogen and oxygen atoms in total. The van der Waals surface area contributed by atoms with Crippen molar-refractivity contribution in [3.05, 3.63) is 114 Å². The summed E-state index contributed by atoms with van der Waals surface area (Å²) in [6, 6.07) is 32.6. The highest BCUT2D eigenvalue weighted by molar-refractivity contribution is 7.13. The summed E-state index contributed by atoms with van der Waals surface area (Å²) in [6.45, 7) is 1.85. The van der Waals surface area contributed by atoms with Gasteiger partial charge < -0.3 is 10.2 Å². The molecular weight excluding hydrogens is 464 g/mol. The van der Waals surface area contributed by atoms with Gasteiger partial charge in [0.2, 0.25) is 5.91 Å². The largest absolute Gasteiger partial charge is 0.355 e. The van der Waals surface area contributed by atoms with Crippen LogP contribution in [-0.2, 0) is 17.8 Å². The highest BCUT2D eigenvalue weighted by atomic mass is 32.1. The number of rotatable bonds is 10. The maximum Gasteiger partial charge on any atom is 0.222 e. The summed E-state index contributed by atoms with van der Waals surface area (Å²) in [5.74, 6) is 1.62. The van der Waals surface area contributed by atoms with E-state index < -0.39 is 0 Å². The monoisotopic (exact) mass is 492 g/mol. The van der Waals surface area contributed by atoms with Crippen LogP contribution in [0.1, 0.15) is 17.5 Å². The summed E-state index contributed by atoms with van der Waals surface area (Å²) in [7, 11) is 0. The third-order valence-corrected chi connectivity index (χ3v) is 6.94. The molecule has 5 aromatic rings. The number of anilines is 1. The molecule has 0 radical (unpaired) electrons. The normalized spacial score (nSPS) is 10.9. The number of thiophene rings is 1. The smallest absolute Gasteiger partial charge is 0.222 e. The molecule has 36 heavy (non-hydrogen) atoms. The number of hydrogen-bond donors (Lipinski definition) is 1. The van der Waals surface area contributed by atoms with Gasteiger partial charge in [0.15, 0.2) is 5.82 Å². The Hall–Kier alpha value is -4.03. The van der Waals surface area contributed by atoms with Gasteiger partial charge in [-0.05, 0) is 41.1 Å². The predicted molar refractivity (Wildman–Crippen MR) is 148 cm³/mol. The van der Waals surface area contributed by atoms with Gasteiger partial charge in [0.25, 0.3) is 0 Å². The minimum absolute atomic E-state index is 0.0282. The van der Waals surface area contributed by atoms with Crippen molar-refractivity contribution in [1.29, 1.82) is 0 Å². The number of nitrogens with one attached hydrogen (secondary N) is 1. The van der Waals surface area contributed by atoms with Gasteiger partial charge in [-0.3, -0.25) is 4.79 Å². The lowest BCUT2D eigenvalue weighted by Gasteiger charge is -2.25. The highest BCUT2D eigenvalue weighted by Gasteiger charge is 2.17. The maximum atomic E-state index is 12.8. The van der Waals surface area contributed by atoms with Gasteiger partial charge in [-0.2, -0.15) is 0 Å². The standard InChI is InChI=1S/C30H28N4OS/c35-28(31-22-24-12-5-2-6-13-24)18-20-34(19-17-23-10-3-1-4-11-23)30-25-14-7-8-15-26(25)32-29(33-30)27-16-9-21-36-27/h1-16,21H,17-20,22H2,(H,31,35). The summed E-state index contributed by atoms with van der Waals surface area (Å²) < 4.78 is 0. The molecule has 0 saturated heterocycles. The number of carbonyl (C=O) groups is 1. The fraction of sp³-hybridized carbons (Fsp3) is 0.167. The number of aromatic nitrogens is 2. The van der Waals surface area contributed by atoms with Gasteiger partial charge >= 0.3 is 0 Å². The molecule has 0 unspecified atom stereocenters. The molecule has 0 spiro atoms. The zero-order valence-corrected chi connectivity index (χ0v) is 20.8. The van der Waals surface area contributed by atoms with Crippen LogP contribution in [-0.4, -0.2) is 29.0 Å². The van der Waals surface area contributed by atoms with Crippen LogP contribution in [0, 0.1) is 0 Å². The number of para-hydroxylation sites is 1. The van der Waals surface area contributed by atoms with Gasteiger partial charge in [0.1, 0.15) is 5.82 Å². The molecular formula is C30H28N4OS. The first-order valence-electron chi connectivity index (χ1n) is 12.2. The van der Waals surface area contributed by atoms with Crippen LogP contribution in [0.5, 0.6) is 0 Å². The van der Waals surface area contributed by atoms with E-state index in [0.717, 1.165) is 46.0 Å². The van der Waals surface area contributed by atoms with Crippen LogP contribution in [0.15, 0.2) is 102 Å². The molecule has 1 amide bonds. The Morgan fingerprint density at radius 2 is 1.50 bits per heavy atom. The van der Waals surface area contributed by atoms with Crippen LogP contribution < -0.4 is 10.2 Å². The molecule has 1 N–H and O–H groups in total. The van der Waals surface area contributed by atoms with E-state index in [9.17, 15) is 4.79 Å². The topological polar surface area (TPSA) is 58.1 Å². The number of amides is 1. The van der Waals surface area contributed by atoms with E-state index in [-0.39, 0.29) is 5.91 Å². The lowest BCUT2D eigenvalue weighted by atomic mass is 10.1. The predicted octanol–water partition coefficient (Wildman–Crippen LogP) is 6.11. The van der Waals surface area contributed by atoms with Crippen molar-refractivity contribution in [2.75, 3.05) is 18.0 Å². The number of fused-ring (bicyclic) bond motifs is 1. The molecule has 0 aliphatic carbocycles. The SMILES string of the molecule is O=C(CCN(CCc1ccccc1)c1nc(-c2cccs2)nc2ccccc12)NCc1ccccc1. The van der Waals surface area contributed by atoms with Gasteiger partial charge in [-0.25, -0.2) is 9.97 Å². The zero-order valence-electron chi connectivity index (χ0n) is 20.0. The number of benzene rings is 3. The van der Waals surface area contributed by atoms with E-state index in [1.807, 2.05) is 72.1 Å². The first-order valence-corrected chi connectivity index (χ1v) is 13.0. The van der Waals surface area contributed by atoms with Crippen LogP contribution in [0.2, 0.25) is 0 Å². The van der Waals surface area contributed by atoms with Crippen molar-refractivity contribution in [1.82, 2.24) is 15.3 Å². The van der Waals surface area contributed by atoms with Crippen molar-refractivity contribution >= 4 is 34.0 Å². The fourth-order valence-corrected chi connectivity index (χ4v) is 4.83. The first-order chi connectivity index (χ1) is 17.8. The van der Waals surface area contributed by atoms with Gasteiger partial charge in [-0.15, -0.1) is 11.3 Å². The zero-order chi connectivity index (χ0) is 24.6. The second kappa shape index (κ2) is 11.6. The average Bonchev–Trinajstić information content (AvgIpc) is 3.48. The number of carbonyl (C=O) groups excluding carboxylic acids is 1. The van der Waals surface area contributed by atoms with E-state index in [4.69, 9.17) is 9.97 Å². The Morgan fingerprint density at radius 3 is 2.25 bits per heavy atom. The van der Waals surface area contributed by atoms with Crippen molar-refractivity contribution in [3.8, 4) is 10.7 Å². The third kappa shape index (κ3) is 5.96. The van der Waals surface area contributed by atoms with E-state index in [0.29, 0.717) is 19.5 Å². The number of hydrogen-bond acceptors (Lipinski definition) is 5. The quantitative estimate of drug-likeness (QED) is 0.255. The molecule has 2 aromatic heterocycles. The minimum atomic E-state index is 0.0282. The lowest BCUT2D eigenvalue weighted by Crippen LogP contribution is -2.33. The summed E-state index contributed by atoms with van der Waals surface area (Å²) in [6.07, 6.45) is 1.24. The van der Waals surface area contributed by atoms with E-state index >= 15 is 0 Å². The van der Waals surface area contributed by atoms with E-state index in [1.54, 1.807) is 11.3 Å². The second-order valence-electron chi connectivity index (χ2n) is 8.60. The van der Waals surface area contributed by atoms with Crippen molar-refractivity contribution < 1.29 is 4.79 Å². The molecule has 5 rings (SSSR count). The molecule has 0 aliphatic rings. The second-order valence-corrected chi connectivity index (χ2v) is 9.55. The Bertz CT molecular complexity index is 1410. The fourth-order valence-electron chi connectivity index (χ4n) is 4.17. The molecule has 0 atom stereocenters. The summed E-state index contributed by atoms with van der Waals surface area (Å²) >= 11 is 1.63. The third-order valence-electron chi connectivity index (χ3n) is 6.08. The molecule has 2 heterocycles. The van der Waals surface area contributed by atoms with Gasteiger partial charge in [-0.1, -0.05) is 78.9 Å². The van der Waals surface area contributed by atoms with Crippen LogP contribution >= 0.6 is 11.3 Å². The summed E-state index contributed by atoms with van der Waals surface area (Å²) in [4.78, 5) is 25.9. The molecule has 0 saturated carbocycles. The summed E-state index contributed by atoms with van der Waals surface area (Å²) in [5, 5.41) is 6.09. The molecule has 6 heteroatoms. The van der Waals surface area contributed by atoms with E-state index in [2.05, 4.69) is 40.5 Å². The molecule has 180 valence electrons. The van der Waals surface area contributed by atoms with Crippen LogP contribution in [0.3, 0.4) is 0 Å². The first kappa shape index (κ1) is 23.7. The molecule has 0 aliphatic heterocycles. The lowest BCUT2D eigenvalue weighted by molar-refractivity contribution is -0.121. The van der Waals surface area contributed by atoms with Crippen molar-refractivity contribution in [3.63, 3.8) is 0 Å². The van der Waals surface area contributed by atoms with Crippen molar-refractivity contribution in [2.24, 2.45) is 0 Å². The Labute approximate surface area is 215 Å². The molecule has 0 fully saturated rings. The highest BCUT2D eigenvalue weighted by Crippen LogP contribution is 2.29. The molecule has 0 bridgehead atoms. The van der Waals surface area contributed by atoms with E-state index in [1.165, 1.54) is 5.56 Å².